The summed E-state index contributed by atoms with van der Waals surface area (Å²) < 4.78 is 0. The largest absolute Gasteiger partial charge is 0.389 e. The zero-order valence-electron chi connectivity index (χ0n) is 8.67. The third-order valence-electron chi connectivity index (χ3n) is 4.16. The number of fused-ring (bicyclic) bond motifs is 1. The van der Waals surface area contributed by atoms with Crippen LogP contribution in [0.3, 0.4) is 0 Å². The second-order valence-electron chi connectivity index (χ2n) is 4.97. The maximum atomic E-state index is 10.5. The molecule has 3 unspecified atom stereocenters. The van der Waals surface area contributed by atoms with Crippen LogP contribution in [-0.2, 0) is 4.79 Å². The SMILES string of the molecule is O=[C]CC1(O)CCCC2CCCCC21. The Balaban J connectivity index is 2.11. The molecule has 0 aromatic rings. The third-order valence-corrected chi connectivity index (χ3v) is 4.16. The molecule has 2 aliphatic rings. The summed E-state index contributed by atoms with van der Waals surface area (Å²) in [6.45, 7) is 0. The van der Waals surface area contributed by atoms with Crippen LogP contribution >= 0.6 is 0 Å². The van der Waals surface area contributed by atoms with Gasteiger partial charge in [-0.25, -0.2) is 0 Å². The Labute approximate surface area is 85.7 Å². The summed E-state index contributed by atoms with van der Waals surface area (Å²) in [5.41, 5.74) is -0.703. The van der Waals surface area contributed by atoms with Crippen molar-refractivity contribution in [3.8, 4) is 0 Å². The summed E-state index contributed by atoms with van der Waals surface area (Å²) in [6, 6.07) is 0. The normalized spacial score (nSPS) is 42.9. The van der Waals surface area contributed by atoms with Gasteiger partial charge in [0.2, 0.25) is 6.29 Å². The van der Waals surface area contributed by atoms with Gasteiger partial charge in [0.1, 0.15) is 0 Å². The molecule has 1 radical (unpaired) electrons. The minimum Gasteiger partial charge on any atom is -0.389 e. The molecule has 0 aliphatic heterocycles. The minimum absolute atomic E-state index is 0.230. The van der Waals surface area contributed by atoms with Crippen LogP contribution in [0, 0.1) is 11.8 Å². The Morgan fingerprint density at radius 3 is 2.71 bits per heavy atom. The first-order chi connectivity index (χ1) is 6.76. The van der Waals surface area contributed by atoms with Crippen LogP contribution in [0.2, 0.25) is 0 Å². The summed E-state index contributed by atoms with van der Waals surface area (Å²) in [7, 11) is 0. The lowest BCUT2D eigenvalue weighted by Gasteiger charge is -2.46. The average molecular weight is 195 g/mol. The van der Waals surface area contributed by atoms with Gasteiger partial charge in [-0.2, -0.15) is 0 Å². The molecule has 0 amide bonds. The van der Waals surface area contributed by atoms with Gasteiger partial charge in [0.25, 0.3) is 0 Å². The summed E-state index contributed by atoms with van der Waals surface area (Å²) >= 11 is 0. The summed E-state index contributed by atoms with van der Waals surface area (Å²) in [4.78, 5) is 10.5. The highest BCUT2D eigenvalue weighted by Gasteiger charge is 2.44. The smallest absolute Gasteiger partial charge is 0.201 e. The van der Waals surface area contributed by atoms with Crippen LogP contribution in [-0.4, -0.2) is 17.0 Å². The molecule has 0 heterocycles. The van der Waals surface area contributed by atoms with Crippen molar-refractivity contribution in [3.05, 3.63) is 0 Å². The first-order valence-corrected chi connectivity index (χ1v) is 5.84. The first kappa shape index (κ1) is 10.2. The Hall–Kier alpha value is -0.370. The van der Waals surface area contributed by atoms with Gasteiger partial charge in [-0.3, -0.25) is 4.79 Å². The predicted molar refractivity (Wildman–Crippen MR) is 54.6 cm³/mol. The molecular weight excluding hydrogens is 176 g/mol. The van der Waals surface area contributed by atoms with Crippen molar-refractivity contribution >= 4 is 6.29 Å². The van der Waals surface area contributed by atoms with Crippen molar-refractivity contribution in [2.45, 2.75) is 57.0 Å². The second kappa shape index (κ2) is 4.01. The van der Waals surface area contributed by atoms with E-state index in [1.807, 2.05) is 6.29 Å². The third kappa shape index (κ3) is 1.72. The van der Waals surface area contributed by atoms with E-state index in [2.05, 4.69) is 0 Å². The van der Waals surface area contributed by atoms with E-state index in [-0.39, 0.29) is 6.42 Å². The van der Waals surface area contributed by atoms with E-state index in [4.69, 9.17) is 0 Å². The number of hydrogen-bond donors (Lipinski definition) is 1. The summed E-state index contributed by atoms with van der Waals surface area (Å²) in [5, 5.41) is 10.4. The molecule has 14 heavy (non-hydrogen) atoms. The topological polar surface area (TPSA) is 37.3 Å². The molecule has 0 bridgehead atoms. The van der Waals surface area contributed by atoms with E-state index >= 15 is 0 Å². The van der Waals surface area contributed by atoms with Crippen LogP contribution in [0.1, 0.15) is 51.4 Å². The summed E-state index contributed by atoms with van der Waals surface area (Å²) in [6.07, 6.45) is 10.2. The van der Waals surface area contributed by atoms with Crippen LogP contribution in [0.15, 0.2) is 0 Å². The zero-order chi connectivity index (χ0) is 10.0. The first-order valence-electron chi connectivity index (χ1n) is 5.84. The van der Waals surface area contributed by atoms with E-state index in [0.29, 0.717) is 11.8 Å². The van der Waals surface area contributed by atoms with Gasteiger partial charge in [0, 0.05) is 6.42 Å². The lowest BCUT2D eigenvalue weighted by atomic mass is 9.62. The highest BCUT2D eigenvalue weighted by molar-refractivity contribution is 5.52. The fraction of sp³-hybridized carbons (Fsp3) is 0.917. The van der Waals surface area contributed by atoms with Gasteiger partial charge >= 0.3 is 0 Å². The van der Waals surface area contributed by atoms with E-state index in [1.54, 1.807) is 0 Å². The van der Waals surface area contributed by atoms with E-state index in [9.17, 15) is 9.90 Å². The fourth-order valence-electron chi connectivity index (χ4n) is 3.46. The van der Waals surface area contributed by atoms with Gasteiger partial charge in [0.15, 0.2) is 0 Å². The monoisotopic (exact) mass is 195 g/mol. The number of aliphatic hydroxyl groups is 1. The van der Waals surface area contributed by atoms with Crippen molar-refractivity contribution in [2.75, 3.05) is 0 Å². The Morgan fingerprint density at radius 2 is 1.93 bits per heavy atom. The van der Waals surface area contributed by atoms with Crippen LogP contribution < -0.4 is 0 Å². The molecule has 2 saturated carbocycles. The molecule has 79 valence electrons. The standard InChI is InChI=1S/C12H19O2/c13-9-8-12(14)7-3-5-10-4-1-2-6-11(10)12/h10-11,14H,1-8H2. The Kier molecular flexibility index (Phi) is 2.91. The Bertz CT molecular complexity index is 212. The highest BCUT2D eigenvalue weighted by atomic mass is 16.3. The quantitative estimate of drug-likeness (QED) is 0.733. The van der Waals surface area contributed by atoms with Crippen LogP contribution in [0.4, 0.5) is 0 Å². The molecule has 0 spiro atoms. The number of carbonyl (C=O) groups excluding carboxylic acids is 1. The van der Waals surface area contributed by atoms with E-state index in [1.165, 1.54) is 25.7 Å². The van der Waals surface area contributed by atoms with Gasteiger partial charge < -0.3 is 5.11 Å². The van der Waals surface area contributed by atoms with Gasteiger partial charge in [-0.15, -0.1) is 0 Å². The maximum Gasteiger partial charge on any atom is 0.201 e. The van der Waals surface area contributed by atoms with Gasteiger partial charge in [-0.05, 0) is 31.1 Å². The minimum atomic E-state index is -0.703. The lowest BCUT2D eigenvalue weighted by Crippen LogP contribution is -2.46. The Morgan fingerprint density at radius 1 is 1.21 bits per heavy atom. The van der Waals surface area contributed by atoms with Crippen molar-refractivity contribution in [1.29, 1.82) is 0 Å². The van der Waals surface area contributed by atoms with Gasteiger partial charge in [0.05, 0.1) is 5.60 Å². The number of hydrogen-bond acceptors (Lipinski definition) is 2. The highest BCUT2D eigenvalue weighted by Crippen LogP contribution is 2.46. The second-order valence-corrected chi connectivity index (χ2v) is 4.97. The molecule has 0 aromatic heterocycles. The maximum absolute atomic E-state index is 10.5. The van der Waals surface area contributed by atoms with Crippen LogP contribution in [0.25, 0.3) is 0 Å². The molecule has 0 aromatic carbocycles. The molecule has 2 fully saturated rings. The molecule has 2 nitrogen and oxygen atoms in total. The molecular formula is C12H19O2. The zero-order valence-corrected chi connectivity index (χ0v) is 8.67. The molecule has 3 atom stereocenters. The number of rotatable bonds is 2. The van der Waals surface area contributed by atoms with Crippen molar-refractivity contribution in [3.63, 3.8) is 0 Å². The van der Waals surface area contributed by atoms with Crippen LogP contribution in [0.5, 0.6) is 0 Å². The molecule has 1 N–H and O–H groups in total. The van der Waals surface area contributed by atoms with Crippen molar-refractivity contribution in [1.82, 2.24) is 0 Å². The average Bonchev–Trinajstić information content (AvgIpc) is 2.19. The van der Waals surface area contributed by atoms with Gasteiger partial charge in [-0.1, -0.05) is 25.7 Å². The van der Waals surface area contributed by atoms with E-state index < -0.39 is 5.60 Å². The molecule has 0 saturated heterocycles. The molecule has 2 aliphatic carbocycles. The molecule has 2 heteroatoms. The fourth-order valence-corrected chi connectivity index (χ4v) is 3.46. The molecule has 2 rings (SSSR count). The van der Waals surface area contributed by atoms with Crippen molar-refractivity contribution < 1.29 is 9.90 Å². The predicted octanol–water partition coefficient (Wildman–Crippen LogP) is 2.21. The van der Waals surface area contributed by atoms with E-state index in [0.717, 1.165) is 19.3 Å². The van der Waals surface area contributed by atoms with Crippen molar-refractivity contribution in [2.24, 2.45) is 11.8 Å². The lowest BCUT2D eigenvalue weighted by molar-refractivity contribution is -0.0826. The summed E-state index contributed by atoms with van der Waals surface area (Å²) in [5.74, 6) is 1.06.